The van der Waals surface area contributed by atoms with Gasteiger partial charge in [-0.1, -0.05) is 0 Å². The zero-order chi connectivity index (χ0) is 14.5. The van der Waals surface area contributed by atoms with Crippen LogP contribution in [0.25, 0.3) is 0 Å². The van der Waals surface area contributed by atoms with E-state index in [0.29, 0.717) is 6.61 Å². The minimum atomic E-state index is -0.808. The van der Waals surface area contributed by atoms with Crippen molar-refractivity contribution in [1.82, 2.24) is 9.88 Å². The summed E-state index contributed by atoms with van der Waals surface area (Å²) in [5, 5.41) is 8.57. The molecule has 20 heavy (non-hydrogen) atoms. The van der Waals surface area contributed by atoms with Crippen molar-refractivity contribution < 1.29 is 19.1 Å². The van der Waals surface area contributed by atoms with E-state index in [1.54, 1.807) is 0 Å². The first-order valence-electron chi connectivity index (χ1n) is 7.03. The summed E-state index contributed by atoms with van der Waals surface area (Å²) in [5.41, 5.74) is 0.951. The molecule has 1 aliphatic rings. The topological polar surface area (TPSA) is 75.8 Å². The third kappa shape index (κ3) is 4.31. The second-order valence-electron chi connectivity index (χ2n) is 5.24. The summed E-state index contributed by atoms with van der Waals surface area (Å²) in [5.74, 6) is 0.842. The number of oxazole rings is 1. The highest BCUT2D eigenvalue weighted by Gasteiger charge is 2.21. The van der Waals surface area contributed by atoms with E-state index in [4.69, 9.17) is 14.3 Å². The van der Waals surface area contributed by atoms with Crippen molar-refractivity contribution in [3.05, 3.63) is 17.3 Å². The lowest BCUT2D eigenvalue weighted by Crippen LogP contribution is -2.36. The minimum absolute atomic E-state index is 0.0785. The molecule has 2 rings (SSSR count). The van der Waals surface area contributed by atoms with Gasteiger partial charge in [-0.2, -0.15) is 0 Å². The number of aliphatic carboxylic acids is 1. The lowest BCUT2D eigenvalue weighted by Gasteiger charge is -2.30. The van der Waals surface area contributed by atoms with Gasteiger partial charge in [0.05, 0.1) is 31.4 Å². The second kappa shape index (κ2) is 6.85. The van der Waals surface area contributed by atoms with E-state index in [-0.39, 0.29) is 12.5 Å². The van der Waals surface area contributed by atoms with Crippen LogP contribution in [0, 0.1) is 13.8 Å². The molecule has 1 aromatic rings. The molecule has 2 heterocycles. The molecule has 0 aromatic carbocycles. The highest BCUT2D eigenvalue weighted by molar-refractivity contribution is 5.66. The fraction of sp³-hybridized carbons (Fsp3) is 0.714. The molecule has 1 fully saturated rings. The zero-order valence-electron chi connectivity index (χ0n) is 12.1. The predicted molar refractivity (Wildman–Crippen MR) is 72.5 cm³/mol. The Morgan fingerprint density at radius 3 is 2.70 bits per heavy atom. The predicted octanol–water partition coefficient (Wildman–Crippen LogP) is 1.75. The maximum atomic E-state index is 10.4. The van der Waals surface area contributed by atoms with Crippen molar-refractivity contribution >= 4 is 5.97 Å². The number of carbonyl (C=O) groups is 1. The first-order chi connectivity index (χ1) is 9.54. The van der Waals surface area contributed by atoms with Crippen molar-refractivity contribution in [2.75, 3.05) is 19.7 Å². The number of ether oxygens (including phenoxy) is 1. The van der Waals surface area contributed by atoms with E-state index in [0.717, 1.165) is 49.8 Å². The zero-order valence-corrected chi connectivity index (χ0v) is 12.1. The van der Waals surface area contributed by atoms with Gasteiger partial charge in [0.15, 0.2) is 0 Å². The summed E-state index contributed by atoms with van der Waals surface area (Å²) in [6.07, 6.45) is 2.12. The van der Waals surface area contributed by atoms with E-state index in [1.807, 2.05) is 13.8 Å². The van der Waals surface area contributed by atoms with Crippen LogP contribution in [0.1, 0.15) is 36.6 Å². The van der Waals surface area contributed by atoms with Crippen LogP contribution in [0.4, 0.5) is 0 Å². The number of aromatic nitrogens is 1. The number of aryl methyl sites for hydroxylation is 2. The molecule has 1 aliphatic heterocycles. The molecular formula is C14H22N2O4. The number of carboxylic acid groups (broad SMARTS) is 1. The number of rotatable bonds is 6. The molecule has 1 saturated heterocycles. The summed E-state index contributed by atoms with van der Waals surface area (Å²) in [4.78, 5) is 17.1. The molecular weight excluding hydrogens is 260 g/mol. The molecule has 0 saturated carbocycles. The van der Waals surface area contributed by atoms with Gasteiger partial charge in [0.25, 0.3) is 0 Å². The molecule has 0 aliphatic carbocycles. The lowest BCUT2D eigenvalue weighted by molar-refractivity contribution is -0.138. The van der Waals surface area contributed by atoms with E-state index < -0.39 is 5.97 Å². The average molecular weight is 282 g/mol. The van der Waals surface area contributed by atoms with Gasteiger partial charge in [-0.3, -0.25) is 9.69 Å². The summed E-state index contributed by atoms with van der Waals surface area (Å²) in [6.45, 7) is 6.77. The number of hydrogen-bond acceptors (Lipinski definition) is 5. The van der Waals surface area contributed by atoms with Crippen LogP contribution in [0.3, 0.4) is 0 Å². The molecule has 0 spiro atoms. The van der Waals surface area contributed by atoms with Crippen LogP contribution in [0.2, 0.25) is 0 Å². The first-order valence-corrected chi connectivity index (χ1v) is 7.03. The van der Waals surface area contributed by atoms with Crippen molar-refractivity contribution in [3.8, 4) is 0 Å². The number of piperidine rings is 1. The van der Waals surface area contributed by atoms with Crippen LogP contribution in [0.5, 0.6) is 0 Å². The maximum absolute atomic E-state index is 10.4. The van der Waals surface area contributed by atoms with Crippen LogP contribution >= 0.6 is 0 Å². The highest BCUT2D eigenvalue weighted by Crippen LogP contribution is 2.17. The van der Waals surface area contributed by atoms with Crippen molar-refractivity contribution in [2.45, 2.75) is 45.8 Å². The van der Waals surface area contributed by atoms with E-state index in [9.17, 15) is 4.79 Å². The van der Waals surface area contributed by atoms with Gasteiger partial charge >= 0.3 is 5.97 Å². The van der Waals surface area contributed by atoms with E-state index in [2.05, 4.69) is 9.88 Å². The Bertz CT molecular complexity index is 431. The van der Waals surface area contributed by atoms with Crippen LogP contribution in [-0.2, 0) is 16.1 Å². The molecule has 6 heteroatoms. The highest BCUT2D eigenvalue weighted by atomic mass is 16.5. The molecule has 6 nitrogen and oxygen atoms in total. The Hall–Kier alpha value is -1.40. The standard InChI is InChI=1S/C14H22N2O4/c1-10-11(2)20-13(15-10)9-16-6-3-12(4-7-16)19-8-5-14(17)18/h12H,3-9H2,1-2H3,(H,17,18). The summed E-state index contributed by atoms with van der Waals surface area (Å²) in [7, 11) is 0. The quantitative estimate of drug-likeness (QED) is 0.856. The SMILES string of the molecule is Cc1nc(CN2CCC(OCCC(=O)O)CC2)oc1C. The minimum Gasteiger partial charge on any atom is -0.481 e. The summed E-state index contributed by atoms with van der Waals surface area (Å²) >= 11 is 0. The summed E-state index contributed by atoms with van der Waals surface area (Å²) < 4.78 is 11.2. The Labute approximate surface area is 118 Å². The monoisotopic (exact) mass is 282 g/mol. The normalized spacial score (nSPS) is 17.5. The summed E-state index contributed by atoms with van der Waals surface area (Å²) in [6, 6.07) is 0. The third-order valence-electron chi connectivity index (χ3n) is 3.64. The third-order valence-corrected chi connectivity index (χ3v) is 3.64. The van der Waals surface area contributed by atoms with Crippen LogP contribution in [-0.4, -0.2) is 46.8 Å². The lowest BCUT2D eigenvalue weighted by atomic mass is 10.1. The second-order valence-corrected chi connectivity index (χ2v) is 5.24. The van der Waals surface area contributed by atoms with Crippen molar-refractivity contribution in [3.63, 3.8) is 0 Å². The number of carboxylic acids is 1. The molecule has 0 atom stereocenters. The first kappa shape index (κ1) is 15.0. The van der Waals surface area contributed by atoms with Gasteiger partial charge in [-0.05, 0) is 26.7 Å². The molecule has 1 aromatic heterocycles. The molecule has 1 N–H and O–H groups in total. The average Bonchev–Trinajstić information content (AvgIpc) is 2.70. The van der Waals surface area contributed by atoms with Gasteiger partial charge in [0.2, 0.25) is 5.89 Å². The molecule has 0 bridgehead atoms. The molecule has 0 amide bonds. The fourth-order valence-corrected chi connectivity index (χ4v) is 2.35. The van der Waals surface area contributed by atoms with Gasteiger partial charge in [-0.15, -0.1) is 0 Å². The van der Waals surface area contributed by atoms with Gasteiger partial charge in [0.1, 0.15) is 5.76 Å². The van der Waals surface area contributed by atoms with Crippen molar-refractivity contribution in [1.29, 1.82) is 0 Å². The van der Waals surface area contributed by atoms with Crippen LogP contribution < -0.4 is 0 Å². The van der Waals surface area contributed by atoms with Crippen LogP contribution in [0.15, 0.2) is 4.42 Å². The molecule has 0 radical (unpaired) electrons. The van der Waals surface area contributed by atoms with E-state index in [1.165, 1.54) is 0 Å². The van der Waals surface area contributed by atoms with E-state index >= 15 is 0 Å². The van der Waals surface area contributed by atoms with Gasteiger partial charge in [0, 0.05) is 13.1 Å². The van der Waals surface area contributed by atoms with Crippen molar-refractivity contribution in [2.24, 2.45) is 0 Å². The van der Waals surface area contributed by atoms with Gasteiger partial charge in [-0.25, -0.2) is 4.98 Å². The Balaban J connectivity index is 1.70. The fourth-order valence-electron chi connectivity index (χ4n) is 2.35. The maximum Gasteiger partial charge on any atom is 0.305 e. The number of hydrogen-bond donors (Lipinski definition) is 1. The molecule has 0 unspecified atom stereocenters. The Kier molecular flexibility index (Phi) is 5.14. The van der Waals surface area contributed by atoms with Gasteiger partial charge < -0.3 is 14.3 Å². The Morgan fingerprint density at radius 2 is 2.15 bits per heavy atom. The Morgan fingerprint density at radius 1 is 1.45 bits per heavy atom. The molecule has 112 valence electrons. The number of likely N-dealkylation sites (tertiary alicyclic amines) is 1. The smallest absolute Gasteiger partial charge is 0.305 e. The number of nitrogens with zero attached hydrogens (tertiary/aromatic N) is 2. The largest absolute Gasteiger partial charge is 0.481 e.